The predicted octanol–water partition coefficient (Wildman–Crippen LogP) is 3.08. The van der Waals surface area contributed by atoms with Crippen LogP contribution in [0.15, 0.2) is 22.7 Å². The van der Waals surface area contributed by atoms with Gasteiger partial charge in [0.2, 0.25) is 5.89 Å². The molecule has 27 heavy (non-hydrogen) atoms. The number of halogens is 2. The average Bonchev–Trinajstić information content (AvgIpc) is 3.23. The number of hydrogen-bond donors (Lipinski definition) is 1. The van der Waals surface area contributed by atoms with E-state index in [0.29, 0.717) is 38.0 Å². The molecular weight excluding hydrogens is 358 g/mol. The lowest BCUT2D eigenvalue weighted by atomic mass is 9.72. The highest BCUT2D eigenvalue weighted by atomic mass is 19.1. The van der Waals surface area contributed by atoms with Gasteiger partial charge in [-0.05, 0) is 31.9 Å². The van der Waals surface area contributed by atoms with Crippen LogP contribution in [0.3, 0.4) is 0 Å². The predicted molar refractivity (Wildman–Crippen MR) is 91.2 cm³/mol. The number of amides is 2. The number of para-hydroxylation sites is 1. The number of likely N-dealkylation sites (tertiary alicyclic amines) is 1. The summed E-state index contributed by atoms with van der Waals surface area (Å²) in [5.41, 5.74) is -0.692. The van der Waals surface area contributed by atoms with Crippen molar-refractivity contribution in [2.75, 3.05) is 31.6 Å². The monoisotopic (exact) mass is 378 g/mol. The first kappa shape index (κ1) is 17.8. The summed E-state index contributed by atoms with van der Waals surface area (Å²) in [7, 11) is 0. The number of ether oxygens (including phenoxy) is 1. The molecule has 144 valence electrons. The van der Waals surface area contributed by atoms with E-state index in [1.165, 1.54) is 6.07 Å². The van der Waals surface area contributed by atoms with Crippen LogP contribution in [0, 0.1) is 24.0 Å². The van der Waals surface area contributed by atoms with Crippen LogP contribution in [0.25, 0.3) is 0 Å². The highest BCUT2D eigenvalue weighted by Crippen LogP contribution is 2.49. The molecule has 2 saturated heterocycles. The third-order valence-electron chi connectivity index (χ3n) is 5.46. The summed E-state index contributed by atoms with van der Waals surface area (Å²) in [4.78, 5) is 18.6. The van der Waals surface area contributed by atoms with Gasteiger partial charge in [-0.15, -0.1) is 0 Å². The van der Waals surface area contributed by atoms with Crippen molar-refractivity contribution in [3.63, 3.8) is 0 Å². The van der Waals surface area contributed by atoms with Crippen LogP contribution in [-0.2, 0) is 4.74 Å². The van der Waals surface area contributed by atoms with Gasteiger partial charge in [0.15, 0.2) is 5.82 Å². The van der Waals surface area contributed by atoms with Crippen LogP contribution in [0.4, 0.5) is 19.3 Å². The standard InChI is InChI=1S/C18H20F2N4O3/c1-11-21-16(27-23-11)12-9-24(10-18(12)5-7-26-8-6-18)17(25)22-15-13(19)3-2-4-14(15)20/h2-4,12H,5-10H2,1H3,(H,22,25)/t12-/m1/s1. The van der Waals surface area contributed by atoms with Crippen molar-refractivity contribution in [1.29, 1.82) is 0 Å². The second-order valence-electron chi connectivity index (χ2n) is 7.11. The van der Waals surface area contributed by atoms with Gasteiger partial charge in [-0.1, -0.05) is 11.2 Å². The van der Waals surface area contributed by atoms with Gasteiger partial charge in [-0.2, -0.15) is 4.98 Å². The summed E-state index contributed by atoms with van der Waals surface area (Å²) in [6.07, 6.45) is 1.49. The lowest BCUT2D eigenvalue weighted by molar-refractivity contribution is 0.00959. The molecule has 0 bridgehead atoms. The molecule has 1 aromatic heterocycles. The Bertz CT molecular complexity index is 831. The Morgan fingerprint density at radius 3 is 2.63 bits per heavy atom. The molecule has 1 atom stereocenters. The van der Waals surface area contributed by atoms with Gasteiger partial charge in [0, 0.05) is 31.7 Å². The summed E-state index contributed by atoms with van der Waals surface area (Å²) in [5.74, 6) is -0.746. The Morgan fingerprint density at radius 1 is 1.30 bits per heavy atom. The Hall–Kier alpha value is -2.55. The quantitative estimate of drug-likeness (QED) is 0.869. The fraction of sp³-hybridized carbons (Fsp3) is 0.500. The third-order valence-corrected chi connectivity index (χ3v) is 5.46. The number of carbonyl (C=O) groups excluding carboxylic acids is 1. The van der Waals surface area contributed by atoms with E-state index in [2.05, 4.69) is 15.5 Å². The van der Waals surface area contributed by atoms with Crippen LogP contribution in [0.5, 0.6) is 0 Å². The molecule has 0 radical (unpaired) electrons. The maximum Gasteiger partial charge on any atom is 0.322 e. The van der Waals surface area contributed by atoms with E-state index < -0.39 is 23.4 Å². The van der Waals surface area contributed by atoms with E-state index in [4.69, 9.17) is 9.26 Å². The number of aromatic nitrogens is 2. The molecule has 3 heterocycles. The van der Waals surface area contributed by atoms with Crippen molar-refractivity contribution in [2.45, 2.75) is 25.7 Å². The van der Waals surface area contributed by atoms with Gasteiger partial charge in [-0.25, -0.2) is 13.6 Å². The van der Waals surface area contributed by atoms with Crippen molar-refractivity contribution in [3.05, 3.63) is 41.5 Å². The fourth-order valence-corrected chi connectivity index (χ4v) is 4.01. The van der Waals surface area contributed by atoms with E-state index in [0.717, 1.165) is 25.0 Å². The number of carbonyl (C=O) groups is 1. The minimum absolute atomic E-state index is 0.140. The summed E-state index contributed by atoms with van der Waals surface area (Å²) in [6.45, 7) is 3.68. The summed E-state index contributed by atoms with van der Waals surface area (Å²) in [5, 5.41) is 6.22. The molecule has 2 fully saturated rings. The Balaban J connectivity index is 1.58. The lowest BCUT2D eigenvalue weighted by Gasteiger charge is -2.36. The smallest absolute Gasteiger partial charge is 0.322 e. The number of rotatable bonds is 2. The molecule has 7 nitrogen and oxygen atoms in total. The zero-order valence-electron chi connectivity index (χ0n) is 14.9. The van der Waals surface area contributed by atoms with Crippen molar-refractivity contribution in [3.8, 4) is 0 Å². The maximum atomic E-state index is 13.9. The Kier molecular flexibility index (Phi) is 4.55. The number of benzene rings is 1. The number of hydrogen-bond acceptors (Lipinski definition) is 5. The molecule has 1 spiro atoms. The molecule has 2 amide bonds. The topological polar surface area (TPSA) is 80.5 Å². The van der Waals surface area contributed by atoms with E-state index in [-0.39, 0.29) is 11.3 Å². The van der Waals surface area contributed by atoms with E-state index in [9.17, 15) is 13.6 Å². The average molecular weight is 378 g/mol. The maximum absolute atomic E-state index is 13.9. The number of nitrogens with one attached hydrogen (secondary N) is 1. The van der Waals surface area contributed by atoms with Gasteiger partial charge >= 0.3 is 6.03 Å². The summed E-state index contributed by atoms with van der Waals surface area (Å²) < 4.78 is 38.6. The van der Waals surface area contributed by atoms with Crippen molar-refractivity contribution in [2.24, 2.45) is 5.41 Å². The second-order valence-corrected chi connectivity index (χ2v) is 7.11. The minimum atomic E-state index is -0.813. The van der Waals surface area contributed by atoms with Gasteiger partial charge in [0.05, 0.1) is 5.92 Å². The van der Waals surface area contributed by atoms with Gasteiger partial charge in [-0.3, -0.25) is 0 Å². The first-order valence-corrected chi connectivity index (χ1v) is 8.86. The second kappa shape index (κ2) is 6.88. The SMILES string of the molecule is Cc1noc([C@H]2CN(C(=O)Nc3c(F)cccc3F)CC23CCOCC3)n1. The fourth-order valence-electron chi connectivity index (χ4n) is 4.01. The summed E-state index contributed by atoms with van der Waals surface area (Å²) in [6, 6.07) is 2.91. The molecule has 9 heteroatoms. The molecule has 0 aliphatic carbocycles. The summed E-state index contributed by atoms with van der Waals surface area (Å²) >= 11 is 0. The minimum Gasteiger partial charge on any atom is -0.381 e. The zero-order chi connectivity index (χ0) is 19.0. The van der Waals surface area contributed by atoms with E-state index >= 15 is 0 Å². The van der Waals surface area contributed by atoms with Gasteiger partial charge in [0.1, 0.15) is 17.3 Å². The molecule has 2 aliphatic heterocycles. The van der Waals surface area contributed by atoms with E-state index in [1.807, 2.05) is 0 Å². The van der Waals surface area contributed by atoms with Crippen molar-refractivity contribution < 1.29 is 22.8 Å². The van der Waals surface area contributed by atoms with Gasteiger partial charge in [0.25, 0.3) is 0 Å². The highest BCUT2D eigenvalue weighted by Gasteiger charge is 2.51. The number of anilines is 1. The molecular formula is C18H20F2N4O3. The van der Waals surface area contributed by atoms with Gasteiger partial charge < -0.3 is 19.5 Å². The normalized spacial score (nSPS) is 21.6. The third kappa shape index (κ3) is 3.27. The molecule has 0 saturated carbocycles. The van der Waals surface area contributed by atoms with Crippen LogP contribution in [0.2, 0.25) is 0 Å². The van der Waals surface area contributed by atoms with Crippen LogP contribution in [-0.4, -0.2) is 47.4 Å². The Labute approximate surface area is 154 Å². The molecule has 2 aromatic rings. The van der Waals surface area contributed by atoms with Crippen LogP contribution >= 0.6 is 0 Å². The molecule has 1 N–H and O–H groups in total. The highest BCUT2D eigenvalue weighted by molar-refractivity contribution is 5.90. The molecule has 1 aromatic carbocycles. The van der Waals surface area contributed by atoms with Crippen molar-refractivity contribution >= 4 is 11.7 Å². The first-order chi connectivity index (χ1) is 13.0. The first-order valence-electron chi connectivity index (χ1n) is 8.86. The number of nitrogens with zero attached hydrogens (tertiary/aromatic N) is 3. The molecule has 2 aliphatic rings. The largest absolute Gasteiger partial charge is 0.381 e. The molecule has 0 unspecified atom stereocenters. The lowest BCUT2D eigenvalue weighted by Crippen LogP contribution is -2.38. The van der Waals surface area contributed by atoms with E-state index in [1.54, 1.807) is 11.8 Å². The van der Waals surface area contributed by atoms with Crippen LogP contribution in [0.1, 0.15) is 30.5 Å². The Morgan fingerprint density at radius 2 is 2.00 bits per heavy atom. The number of aryl methyl sites for hydroxylation is 1. The zero-order valence-corrected chi connectivity index (χ0v) is 14.9. The number of urea groups is 1. The van der Waals surface area contributed by atoms with Crippen LogP contribution < -0.4 is 5.32 Å². The van der Waals surface area contributed by atoms with Crippen molar-refractivity contribution in [1.82, 2.24) is 15.0 Å². The molecule has 4 rings (SSSR count).